The molecule has 1 unspecified atom stereocenters. The third-order valence-electron chi connectivity index (χ3n) is 3.43. The van der Waals surface area contributed by atoms with Crippen LogP contribution >= 0.6 is 0 Å². The molecular weight excluding hydrogens is 262 g/mol. The molecule has 19 heavy (non-hydrogen) atoms. The number of nitrogens with one attached hydrogen (secondary N) is 1. The van der Waals surface area contributed by atoms with E-state index in [-0.39, 0.29) is 10.9 Å². The monoisotopic (exact) mass is 279 g/mol. The second kappa shape index (κ2) is 5.70. The summed E-state index contributed by atoms with van der Waals surface area (Å²) in [6.07, 6.45) is 1.13. The van der Waals surface area contributed by atoms with Crippen LogP contribution < -0.4 is 5.32 Å². The van der Waals surface area contributed by atoms with Gasteiger partial charge in [-0.1, -0.05) is 12.1 Å². The van der Waals surface area contributed by atoms with E-state index in [9.17, 15) is 8.42 Å². The highest BCUT2D eigenvalue weighted by atomic mass is 32.2. The molecule has 0 bridgehead atoms. The molecule has 1 N–H and O–H groups in total. The third kappa shape index (κ3) is 2.95. The Bertz CT molecular complexity index is 569. The van der Waals surface area contributed by atoms with Gasteiger partial charge in [-0.2, -0.15) is 9.57 Å². The number of nitrogens with zero attached hydrogens (tertiary/aromatic N) is 2. The van der Waals surface area contributed by atoms with Gasteiger partial charge in [-0.3, -0.25) is 0 Å². The van der Waals surface area contributed by atoms with E-state index in [0.29, 0.717) is 13.0 Å². The number of hydrogen-bond acceptors (Lipinski definition) is 4. The topological polar surface area (TPSA) is 73.2 Å². The summed E-state index contributed by atoms with van der Waals surface area (Å²) in [5, 5.41) is 11.8. The average Bonchev–Trinajstić information content (AvgIpc) is 2.92. The van der Waals surface area contributed by atoms with E-state index in [1.165, 1.54) is 4.31 Å². The van der Waals surface area contributed by atoms with Crippen LogP contribution in [0.1, 0.15) is 12.0 Å². The Morgan fingerprint density at radius 3 is 2.63 bits per heavy atom. The third-order valence-corrected chi connectivity index (χ3v) is 5.36. The first-order valence-corrected chi connectivity index (χ1v) is 7.64. The summed E-state index contributed by atoms with van der Waals surface area (Å²) in [6, 6.07) is 8.58. The van der Waals surface area contributed by atoms with E-state index in [1.807, 2.05) is 6.07 Å². The maximum Gasteiger partial charge on any atom is 0.243 e. The van der Waals surface area contributed by atoms with Gasteiger partial charge in [-0.05, 0) is 30.7 Å². The van der Waals surface area contributed by atoms with Gasteiger partial charge in [0.2, 0.25) is 10.0 Å². The number of hydrogen-bond donors (Lipinski definition) is 1. The smallest absolute Gasteiger partial charge is 0.243 e. The fraction of sp³-hybridized carbons (Fsp3) is 0.462. The molecule has 5 nitrogen and oxygen atoms in total. The minimum Gasteiger partial charge on any atom is -0.315 e. The number of benzene rings is 1. The molecule has 6 heteroatoms. The Balaban J connectivity index is 2.21. The van der Waals surface area contributed by atoms with Gasteiger partial charge >= 0.3 is 0 Å². The molecule has 2 rings (SSSR count). The average molecular weight is 279 g/mol. The lowest BCUT2D eigenvalue weighted by atomic mass is 10.2. The first-order valence-electron chi connectivity index (χ1n) is 6.20. The summed E-state index contributed by atoms with van der Waals surface area (Å²) in [5.41, 5.74) is 0.826. The summed E-state index contributed by atoms with van der Waals surface area (Å²) in [4.78, 5) is 0.281. The van der Waals surface area contributed by atoms with Crippen molar-refractivity contribution in [1.29, 1.82) is 5.26 Å². The molecule has 0 saturated carbocycles. The van der Waals surface area contributed by atoms with Crippen LogP contribution in [-0.2, 0) is 16.4 Å². The second-order valence-electron chi connectivity index (χ2n) is 4.65. The van der Waals surface area contributed by atoms with Crippen LogP contribution in [0.2, 0.25) is 0 Å². The Morgan fingerprint density at radius 1 is 1.42 bits per heavy atom. The summed E-state index contributed by atoms with van der Waals surface area (Å²) >= 11 is 0. The summed E-state index contributed by atoms with van der Waals surface area (Å²) < 4.78 is 26.3. The van der Waals surface area contributed by atoms with Crippen LogP contribution in [0.25, 0.3) is 0 Å². The van der Waals surface area contributed by atoms with E-state index in [4.69, 9.17) is 5.26 Å². The van der Waals surface area contributed by atoms with Crippen LogP contribution in [0.15, 0.2) is 29.2 Å². The standard InChI is InChI=1S/C13H17N3O2S/c1-16(12-7-9-15-10-12)19(17,18)13-4-2-11(3-5-13)6-8-14/h2-5,12,15H,6-7,9-10H2,1H3. The molecule has 1 aliphatic heterocycles. The Hall–Kier alpha value is -1.42. The van der Waals surface area contributed by atoms with Gasteiger partial charge < -0.3 is 5.32 Å². The van der Waals surface area contributed by atoms with Crippen molar-refractivity contribution in [2.45, 2.75) is 23.8 Å². The Kier molecular flexibility index (Phi) is 4.20. The fourth-order valence-electron chi connectivity index (χ4n) is 2.18. The fourth-order valence-corrected chi connectivity index (χ4v) is 3.57. The van der Waals surface area contributed by atoms with E-state index in [1.54, 1.807) is 31.3 Å². The lowest BCUT2D eigenvalue weighted by molar-refractivity contribution is 0.388. The first kappa shape index (κ1) is 14.0. The van der Waals surface area contributed by atoms with Crippen molar-refractivity contribution in [1.82, 2.24) is 9.62 Å². The zero-order chi connectivity index (χ0) is 13.9. The van der Waals surface area contributed by atoms with Crippen LogP contribution in [0, 0.1) is 11.3 Å². The highest BCUT2D eigenvalue weighted by Crippen LogP contribution is 2.19. The number of likely N-dealkylation sites (N-methyl/N-ethyl adjacent to an activating group) is 1. The van der Waals surface area contributed by atoms with Crippen LogP contribution in [0.5, 0.6) is 0 Å². The normalized spacial score (nSPS) is 19.5. The highest BCUT2D eigenvalue weighted by Gasteiger charge is 2.29. The predicted octanol–water partition coefficient (Wildman–Crippen LogP) is 0.735. The highest BCUT2D eigenvalue weighted by molar-refractivity contribution is 7.89. The van der Waals surface area contributed by atoms with Gasteiger partial charge in [-0.25, -0.2) is 8.42 Å². The molecule has 1 heterocycles. The van der Waals surface area contributed by atoms with Gasteiger partial charge in [0.1, 0.15) is 0 Å². The SMILES string of the molecule is CN(C1CCNC1)S(=O)(=O)c1ccc(CC#N)cc1. The maximum atomic E-state index is 12.4. The quantitative estimate of drug-likeness (QED) is 0.882. The van der Waals surface area contributed by atoms with E-state index in [2.05, 4.69) is 5.32 Å². The zero-order valence-electron chi connectivity index (χ0n) is 10.8. The number of sulfonamides is 1. The molecule has 1 aromatic rings. The van der Waals surface area contributed by atoms with Crippen molar-refractivity contribution < 1.29 is 8.42 Å². The summed E-state index contributed by atoms with van der Waals surface area (Å²) in [7, 11) is -1.82. The summed E-state index contributed by atoms with van der Waals surface area (Å²) in [5.74, 6) is 0. The van der Waals surface area contributed by atoms with Crippen LogP contribution in [0.4, 0.5) is 0 Å². The molecule has 0 aliphatic carbocycles. The van der Waals surface area contributed by atoms with Crippen molar-refractivity contribution in [3.8, 4) is 6.07 Å². The molecule has 0 radical (unpaired) electrons. The molecular formula is C13H17N3O2S. The molecule has 1 fully saturated rings. The van der Waals surface area contributed by atoms with Crippen molar-refractivity contribution >= 4 is 10.0 Å². The van der Waals surface area contributed by atoms with Gasteiger partial charge in [0, 0.05) is 19.6 Å². The Labute approximate surface area is 113 Å². The molecule has 0 spiro atoms. The molecule has 1 aromatic carbocycles. The predicted molar refractivity (Wildman–Crippen MR) is 72.0 cm³/mol. The molecule has 1 saturated heterocycles. The molecule has 1 aliphatic rings. The molecule has 1 atom stereocenters. The van der Waals surface area contributed by atoms with Crippen molar-refractivity contribution in [2.75, 3.05) is 20.1 Å². The molecule has 0 aromatic heterocycles. The lowest BCUT2D eigenvalue weighted by Crippen LogP contribution is -2.38. The van der Waals surface area contributed by atoms with E-state index in [0.717, 1.165) is 18.5 Å². The number of rotatable bonds is 4. The second-order valence-corrected chi connectivity index (χ2v) is 6.64. The van der Waals surface area contributed by atoms with Crippen LogP contribution in [-0.4, -0.2) is 38.9 Å². The molecule has 102 valence electrons. The van der Waals surface area contributed by atoms with Gasteiger partial charge in [-0.15, -0.1) is 0 Å². The van der Waals surface area contributed by atoms with Gasteiger partial charge in [0.15, 0.2) is 0 Å². The number of nitriles is 1. The molecule has 0 amide bonds. The largest absolute Gasteiger partial charge is 0.315 e. The van der Waals surface area contributed by atoms with Gasteiger partial charge in [0.25, 0.3) is 0 Å². The minimum atomic E-state index is -3.44. The van der Waals surface area contributed by atoms with Crippen LogP contribution in [0.3, 0.4) is 0 Å². The minimum absolute atomic E-state index is 0.0174. The van der Waals surface area contributed by atoms with Crippen molar-refractivity contribution in [2.24, 2.45) is 0 Å². The van der Waals surface area contributed by atoms with Crippen molar-refractivity contribution in [3.05, 3.63) is 29.8 Å². The first-order chi connectivity index (χ1) is 9.05. The Morgan fingerprint density at radius 2 is 2.11 bits per heavy atom. The van der Waals surface area contributed by atoms with E-state index >= 15 is 0 Å². The van der Waals surface area contributed by atoms with Crippen molar-refractivity contribution in [3.63, 3.8) is 0 Å². The van der Waals surface area contributed by atoms with E-state index < -0.39 is 10.0 Å². The lowest BCUT2D eigenvalue weighted by Gasteiger charge is -2.23. The summed E-state index contributed by atoms with van der Waals surface area (Å²) in [6.45, 7) is 1.55. The van der Waals surface area contributed by atoms with Gasteiger partial charge in [0.05, 0.1) is 17.4 Å². The maximum absolute atomic E-state index is 12.4. The zero-order valence-corrected chi connectivity index (χ0v) is 11.7.